The van der Waals surface area contributed by atoms with E-state index >= 15 is 0 Å². The number of benzene rings is 1. The van der Waals surface area contributed by atoms with E-state index in [1.165, 1.54) is 10.9 Å². The normalized spacial score (nSPS) is 15.4. The maximum Gasteiger partial charge on any atom is 0.317 e. The second-order valence-corrected chi connectivity index (χ2v) is 8.15. The molecule has 1 aromatic carbocycles. The van der Waals surface area contributed by atoms with Gasteiger partial charge in [-0.2, -0.15) is 0 Å². The van der Waals surface area contributed by atoms with Gasteiger partial charge < -0.3 is 19.9 Å². The van der Waals surface area contributed by atoms with Gasteiger partial charge in [-0.1, -0.05) is 19.1 Å². The Morgan fingerprint density at radius 2 is 2.10 bits per heavy atom. The fraction of sp³-hybridized carbons (Fsp3) is 0.455. The largest absolute Gasteiger partial charge is 0.488 e. The second kappa shape index (κ2) is 10.4. The van der Waals surface area contributed by atoms with Crippen LogP contribution in [0.1, 0.15) is 36.8 Å². The first-order chi connectivity index (χ1) is 14.5. The first-order valence-corrected chi connectivity index (χ1v) is 11.2. The topological polar surface area (TPSA) is 61.9 Å². The number of hydrogen-bond acceptors (Lipinski definition) is 4. The van der Waals surface area contributed by atoms with Gasteiger partial charge in [0.15, 0.2) is 11.6 Å². The maximum absolute atomic E-state index is 14.0. The highest BCUT2D eigenvalue weighted by Crippen LogP contribution is 2.34. The third-order valence-electron chi connectivity index (χ3n) is 5.08. The van der Waals surface area contributed by atoms with Crippen molar-refractivity contribution in [1.82, 2.24) is 15.1 Å². The van der Waals surface area contributed by atoms with Gasteiger partial charge in [-0.25, -0.2) is 9.18 Å². The molecule has 3 rings (SSSR count). The molecule has 0 bridgehead atoms. The summed E-state index contributed by atoms with van der Waals surface area (Å²) in [5.74, 6) is -0.391. The van der Waals surface area contributed by atoms with Crippen molar-refractivity contribution in [1.29, 1.82) is 0 Å². The predicted octanol–water partition coefficient (Wildman–Crippen LogP) is 3.83. The number of carbonyl (C=O) groups is 2. The second-order valence-electron chi connectivity index (χ2n) is 7.15. The number of fused-ring (bicyclic) bond motifs is 1. The number of halogens is 1. The number of urea groups is 1. The molecule has 2 heterocycles. The van der Waals surface area contributed by atoms with E-state index in [-0.39, 0.29) is 36.9 Å². The molecule has 0 saturated carbocycles. The van der Waals surface area contributed by atoms with Crippen LogP contribution in [-0.2, 0) is 11.2 Å². The zero-order valence-electron chi connectivity index (χ0n) is 17.4. The number of ether oxygens (including phenoxy) is 1. The van der Waals surface area contributed by atoms with Gasteiger partial charge in [-0.15, -0.1) is 11.3 Å². The van der Waals surface area contributed by atoms with Crippen molar-refractivity contribution in [3.8, 4) is 5.75 Å². The van der Waals surface area contributed by atoms with Crippen LogP contribution in [0.15, 0.2) is 35.7 Å². The van der Waals surface area contributed by atoms with Gasteiger partial charge in [0.2, 0.25) is 5.91 Å². The molecule has 0 fully saturated rings. The molecule has 162 valence electrons. The van der Waals surface area contributed by atoms with E-state index in [0.717, 1.165) is 18.4 Å². The number of rotatable bonds is 8. The summed E-state index contributed by atoms with van der Waals surface area (Å²) in [4.78, 5) is 30.0. The van der Waals surface area contributed by atoms with Gasteiger partial charge in [0.05, 0.1) is 6.04 Å². The van der Waals surface area contributed by atoms with Crippen molar-refractivity contribution in [3.63, 3.8) is 0 Å². The lowest BCUT2D eigenvalue weighted by molar-refractivity contribution is -0.135. The molecule has 2 aromatic rings. The van der Waals surface area contributed by atoms with Crippen LogP contribution in [0, 0.1) is 5.82 Å². The van der Waals surface area contributed by atoms with Crippen molar-refractivity contribution in [2.45, 2.75) is 32.7 Å². The number of amides is 3. The first kappa shape index (κ1) is 22.1. The van der Waals surface area contributed by atoms with Gasteiger partial charge >= 0.3 is 6.03 Å². The molecule has 0 aliphatic carbocycles. The molecular formula is C22H28FN3O3S. The molecule has 1 atom stereocenters. The zero-order valence-corrected chi connectivity index (χ0v) is 18.2. The molecule has 0 spiro atoms. The number of thiophene rings is 1. The van der Waals surface area contributed by atoms with Gasteiger partial charge in [0.1, 0.15) is 13.2 Å². The number of nitrogens with zero attached hydrogens (tertiary/aromatic N) is 2. The molecule has 1 aliphatic rings. The van der Waals surface area contributed by atoms with Crippen LogP contribution < -0.4 is 10.1 Å². The number of carbonyl (C=O) groups excluding carboxylic acids is 2. The Hall–Kier alpha value is -2.61. The van der Waals surface area contributed by atoms with Crippen LogP contribution in [0.2, 0.25) is 0 Å². The van der Waals surface area contributed by atoms with Crippen LogP contribution in [-0.4, -0.2) is 54.5 Å². The highest BCUT2D eigenvalue weighted by Gasteiger charge is 2.33. The van der Waals surface area contributed by atoms with Gasteiger partial charge in [-0.05, 0) is 48.9 Å². The van der Waals surface area contributed by atoms with Crippen LogP contribution in [0.4, 0.5) is 9.18 Å². The summed E-state index contributed by atoms with van der Waals surface area (Å²) in [6.45, 7) is 5.55. The van der Waals surface area contributed by atoms with Gasteiger partial charge in [-0.3, -0.25) is 4.79 Å². The third-order valence-corrected chi connectivity index (χ3v) is 6.08. The molecule has 30 heavy (non-hydrogen) atoms. The average Bonchev–Trinajstić information content (AvgIpc) is 3.22. The summed E-state index contributed by atoms with van der Waals surface area (Å²) >= 11 is 1.66. The fourth-order valence-electron chi connectivity index (χ4n) is 3.64. The lowest BCUT2D eigenvalue weighted by Gasteiger charge is -2.37. The van der Waals surface area contributed by atoms with Crippen LogP contribution in [0.3, 0.4) is 0 Å². The molecule has 0 radical (unpaired) electrons. The van der Waals surface area contributed by atoms with Crippen molar-refractivity contribution in [3.05, 3.63) is 52.0 Å². The lowest BCUT2D eigenvalue weighted by Crippen LogP contribution is -2.50. The van der Waals surface area contributed by atoms with Crippen molar-refractivity contribution in [2.75, 3.05) is 32.8 Å². The summed E-state index contributed by atoms with van der Waals surface area (Å²) < 4.78 is 19.8. The van der Waals surface area contributed by atoms with E-state index in [9.17, 15) is 14.0 Å². The molecular weight excluding hydrogens is 405 g/mol. The predicted molar refractivity (Wildman–Crippen MR) is 115 cm³/mol. The van der Waals surface area contributed by atoms with Gasteiger partial charge in [0.25, 0.3) is 0 Å². The van der Waals surface area contributed by atoms with Crippen LogP contribution in [0.5, 0.6) is 5.75 Å². The van der Waals surface area contributed by atoms with Crippen LogP contribution >= 0.6 is 11.3 Å². The molecule has 8 heteroatoms. The smallest absolute Gasteiger partial charge is 0.317 e. The Kier molecular flexibility index (Phi) is 7.68. The molecule has 1 N–H and O–H groups in total. The Morgan fingerprint density at radius 3 is 2.83 bits per heavy atom. The molecule has 1 aliphatic heterocycles. The maximum atomic E-state index is 14.0. The van der Waals surface area contributed by atoms with Crippen molar-refractivity contribution in [2.24, 2.45) is 0 Å². The number of para-hydroxylation sites is 1. The SMILES string of the molecule is CCCN(CC(=O)N1CCc2sccc2C1COc1ccccc1F)C(=O)NCC. The Morgan fingerprint density at radius 1 is 1.30 bits per heavy atom. The first-order valence-electron chi connectivity index (χ1n) is 10.3. The third kappa shape index (κ3) is 5.11. The minimum Gasteiger partial charge on any atom is -0.488 e. The van der Waals surface area contributed by atoms with Gasteiger partial charge in [0, 0.05) is 24.5 Å². The Balaban J connectivity index is 1.76. The molecule has 3 amide bonds. The minimum absolute atomic E-state index is 0.00927. The zero-order chi connectivity index (χ0) is 21.5. The standard InChI is InChI=1S/C22H28FN3O3S/c1-3-11-25(22(28)24-4-2)14-21(27)26-12-9-20-16(10-13-30-20)18(26)15-29-19-8-6-5-7-17(19)23/h5-8,10,13,18H,3-4,9,11-12,14-15H2,1-2H3,(H,24,28). The Labute approximate surface area is 180 Å². The highest BCUT2D eigenvalue weighted by atomic mass is 32.1. The monoisotopic (exact) mass is 433 g/mol. The van der Waals surface area contributed by atoms with E-state index in [1.807, 2.05) is 25.3 Å². The summed E-state index contributed by atoms with van der Waals surface area (Å²) in [7, 11) is 0. The Bertz CT molecular complexity index is 873. The molecule has 0 saturated heterocycles. The summed E-state index contributed by atoms with van der Waals surface area (Å²) in [6.07, 6.45) is 1.53. The fourth-order valence-corrected chi connectivity index (χ4v) is 4.57. The molecule has 1 aromatic heterocycles. The number of hydrogen-bond donors (Lipinski definition) is 1. The number of nitrogens with one attached hydrogen (secondary N) is 1. The van der Waals surface area contributed by atoms with Crippen molar-refractivity contribution >= 4 is 23.3 Å². The van der Waals surface area contributed by atoms with Crippen molar-refractivity contribution < 1.29 is 18.7 Å². The highest BCUT2D eigenvalue weighted by molar-refractivity contribution is 7.10. The van der Waals surface area contributed by atoms with E-state index < -0.39 is 5.82 Å². The van der Waals surface area contributed by atoms with E-state index in [2.05, 4.69) is 5.32 Å². The van der Waals surface area contributed by atoms with E-state index in [4.69, 9.17) is 4.74 Å². The summed E-state index contributed by atoms with van der Waals surface area (Å²) in [5, 5.41) is 4.77. The van der Waals surface area contributed by atoms with Crippen LogP contribution in [0.25, 0.3) is 0 Å². The average molecular weight is 434 g/mol. The van der Waals surface area contributed by atoms with E-state index in [0.29, 0.717) is 19.6 Å². The molecule has 1 unspecified atom stereocenters. The minimum atomic E-state index is -0.429. The lowest BCUT2D eigenvalue weighted by atomic mass is 10.0. The summed E-state index contributed by atoms with van der Waals surface area (Å²) in [5.41, 5.74) is 1.04. The summed E-state index contributed by atoms with van der Waals surface area (Å²) in [6, 6.07) is 7.71. The molecule has 6 nitrogen and oxygen atoms in total. The quantitative estimate of drug-likeness (QED) is 0.688. The van der Waals surface area contributed by atoms with E-state index in [1.54, 1.807) is 39.3 Å².